The highest BCUT2D eigenvalue weighted by Crippen LogP contribution is 2.29. The van der Waals surface area contributed by atoms with Crippen molar-refractivity contribution in [2.24, 2.45) is 0 Å². The van der Waals surface area contributed by atoms with Crippen LogP contribution >= 0.6 is 0 Å². The average Bonchev–Trinajstić information content (AvgIpc) is 3.55. The van der Waals surface area contributed by atoms with Gasteiger partial charge in [-0.1, -0.05) is 24.3 Å². The summed E-state index contributed by atoms with van der Waals surface area (Å²) in [5.74, 6) is 0.121. The van der Waals surface area contributed by atoms with E-state index in [1.807, 2.05) is 60.7 Å². The van der Waals surface area contributed by atoms with Gasteiger partial charge in [0, 0.05) is 11.1 Å². The first kappa shape index (κ1) is 17.9. The first-order chi connectivity index (χ1) is 14.8. The Labute approximate surface area is 173 Å². The summed E-state index contributed by atoms with van der Waals surface area (Å²) in [6.07, 6.45) is 11.8. The Morgan fingerprint density at radius 1 is 0.667 bits per heavy atom. The third-order valence-corrected chi connectivity index (χ3v) is 5.08. The molecule has 0 spiro atoms. The number of ketones is 1. The Kier molecular flexibility index (Phi) is 4.61. The van der Waals surface area contributed by atoms with E-state index in [0.29, 0.717) is 0 Å². The molecule has 7 nitrogen and oxygen atoms in total. The van der Waals surface area contributed by atoms with Gasteiger partial charge in [0.25, 0.3) is 0 Å². The molecule has 1 fully saturated rings. The molecule has 0 bridgehead atoms. The van der Waals surface area contributed by atoms with E-state index in [4.69, 9.17) is 0 Å². The summed E-state index contributed by atoms with van der Waals surface area (Å²) >= 11 is 0. The number of rotatable bonds is 4. The summed E-state index contributed by atoms with van der Waals surface area (Å²) in [6.45, 7) is 0. The van der Waals surface area contributed by atoms with E-state index < -0.39 is 0 Å². The molecular weight excluding hydrogens is 376 g/mol. The Hall–Kier alpha value is -4.13. The number of carbonyl (C=O) groups excluding carboxylic acids is 1. The van der Waals surface area contributed by atoms with E-state index in [1.54, 1.807) is 22.0 Å². The number of aromatic nitrogens is 6. The van der Waals surface area contributed by atoms with Crippen molar-refractivity contribution < 1.29 is 4.79 Å². The van der Waals surface area contributed by atoms with Gasteiger partial charge in [0.15, 0.2) is 5.78 Å². The normalized spacial score (nSPS) is 16.6. The molecule has 1 aliphatic carbocycles. The van der Waals surface area contributed by atoms with Gasteiger partial charge in [-0.05, 0) is 60.4 Å². The molecule has 30 heavy (non-hydrogen) atoms. The number of benzene rings is 2. The van der Waals surface area contributed by atoms with E-state index in [0.717, 1.165) is 46.5 Å². The second kappa shape index (κ2) is 7.71. The largest absolute Gasteiger partial charge is 0.289 e. The van der Waals surface area contributed by atoms with Crippen LogP contribution in [0.3, 0.4) is 0 Å². The Morgan fingerprint density at radius 2 is 1.10 bits per heavy atom. The van der Waals surface area contributed by atoms with Crippen molar-refractivity contribution in [3.05, 3.63) is 96.1 Å². The molecule has 0 atom stereocenters. The second-order valence-corrected chi connectivity index (χ2v) is 7.03. The van der Waals surface area contributed by atoms with Gasteiger partial charge < -0.3 is 0 Å². The molecule has 7 heteroatoms. The number of hydrogen-bond acceptors (Lipinski definition) is 5. The second-order valence-electron chi connectivity index (χ2n) is 7.03. The highest BCUT2D eigenvalue weighted by atomic mass is 16.1. The zero-order valence-electron chi connectivity index (χ0n) is 16.1. The maximum absolute atomic E-state index is 12.8. The van der Waals surface area contributed by atoms with E-state index in [1.165, 1.54) is 12.7 Å². The molecule has 0 aliphatic heterocycles. The predicted octanol–water partition coefficient (Wildman–Crippen LogP) is 3.68. The van der Waals surface area contributed by atoms with E-state index in [9.17, 15) is 4.79 Å². The van der Waals surface area contributed by atoms with Gasteiger partial charge in [-0.2, -0.15) is 10.2 Å². The molecular formula is C23H18N6O. The monoisotopic (exact) mass is 394 g/mol. The lowest BCUT2D eigenvalue weighted by Crippen LogP contribution is -1.97. The molecule has 5 rings (SSSR count). The summed E-state index contributed by atoms with van der Waals surface area (Å²) in [5.41, 5.74) is 5.55. The zero-order valence-corrected chi connectivity index (χ0v) is 16.1. The van der Waals surface area contributed by atoms with Gasteiger partial charge in [0.2, 0.25) is 0 Å². The van der Waals surface area contributed by atoms with Crippen LogP contribution in [0, 0.1) is 0 Å². The number of Topliss-reactive ketones (excluding diaryl/α,β-unsaturated/α-hetero) is 1. The third-order valence-electron chi connectivity index (χ3n) is 5.08. The quantitative estimate of drug-likeness (QED) is 0.494. The van der Waals surface area contributed by atoms with E-state index in [2.05, 4.69) is 20.2 Å². The fraction of sp³-hybridized carbons (Fsp3) is 0.0870. The molecule has 2 heterocycles. The zero-order chi connectivity index (χ0) is 20.3. The molecule has 0 amide bonds. The van der Waals surface area contributed by atoms with Gasteiger partial charge >= 0.3 is 0 Å². The van der Waals surface area contributed by atoms with Crippen LogP contribution < -0.4 is 0 Å². The van der Waals surface area contributed by atoms with E-state index >= 15 is 0 Å². The topological polar surface area (TPSA) is 78.5 Å². The summed E-state index contributed by atoms with van der Waals surface area (Å²) in [4.78, 5) is 20.8. The first-order valence-corrected chi connectivity index (χ1v) is 9.62. The van der Waals surface area contributed by atoms with Crippen LogP contribution in [-0.4, -0.2) is 35.3 Å². The first-order valence-electron chi connectivity index (χ1n) is 9.62. The van der Waals surface area contributed by atoms with Crippen LogP contribution in [0.2, 0.25) is 0 Å². The number of hydrogen-bond donors (Lipinski definition) is 0. The van der Waals surface area contributed by atoms with Gasteiger partial charge in [-0.3, -0.25) is 4.79 Å². The van der Waals surface area contributed by atoms with Crippen molar-refractivity contribution in [1.82, 2.24) is 29.5 Å². The van der Waals surface area contributed by atoms with Gasteiger partial charge in [-0.15, -0.1) is 0 Å². The molecule has 4 aromatic rings. The van der Waals surface area contributed by atoms with Crippen LogP contribution in [0.4, 0.5) is 0 Å². The van der Waals surface area contributed by atoms with Gasteiger partial charge in [0.05, 0.1) is 11.4 Å². The van der Waals surface area contributed by atoms with Crippen LogP contribution in [0.1, 0.15) is 24.0 Å². The van der Waals surface area contributed by atoms with Crippen molar-refractivity contribution in [2.75, 3.05) is 0 Å². The van der Waals surface area contributed by atoms with Crippen LogP contribution in [0.5, 0.6) is 0 Å². The lowest BCUT2D eigenvalue weighted by Gasteiger charge is -2.02. The lowest BCUT2D eigenvalue weighted by molar-refractivity contribution is -0.111. The fourth-order valence-corrected chi connectivity index (χ4v) is 3.51. The molecule has 1 saturated carbocycles. The smallest absolute Gasteiger partial charge is 0.185 e. The molecule has 146 valence electrons. The molecule has 2 aromatic carbocycles. The number of nitrogens with zero attached hydrogens (tertiary/aromatic N) is 6. The number of allylic oxidation sites excluding steroid dienone is 2. The summed E-state index contributed by atoms with van der Waals surface area (Å²) in [6, 6.07) is 15.8. The van der Waals surface area contributed by atoms with Crippen LogP contribution in [-0.2, 0) is 4.79 Å². The van der Waals surface area contributed by atoms with Gasteiger partial charge in [-0.25, -0.2) is 19.3 Å². The van der Waals surface area contributed by atoms with Gasteiger partial charge in [0.1, 0.15) is 25.3 Å². The van der Waals surface area contributed by atoms with Crippen molar-refractivity contribution in [2.45, 2.75) is 12.8 Å². The van der Waals surface area contributed by atoms with Crippen molar-refractivity contribution in [1.29, 1.82) is 0 Å². The average molecular weight is 394 g/mol. The summed E-state index contributed by atoms with van der Waals surface area (Å²) < 4.78 is 3.40. The maximum Gasteiger partial charge on any atom is 0.185 e. The molecule has 1 aliphatic rings. The van der Waals surface area contributed by atoms with Crippen LogP contribution in [0.25, 0.3) is 23.5 Å². The Balaban J connectivity index is 1.32. The third kappa shape index (κ3) is 3.60. The minimum absolute atomic E-state index is 0.121. The standard InChI is InChI=1S/C23H18N6O/c30-23-19(11-17-1-7-21(8-2-17)28-15-24-13-26-28)5-6-20(23)12-18-3-9-22(10-4-18)29-16-25-14-27-29/h1-4,7-16H,5-6H2/b19-11-,20-12+. The summed E-state index contributed by atoms with van der Waals surface area (Å²) in [5, 5.41) is 8.24. The molecule has 0 unspecified atom stereocenters. The minimum Gasteiger partial charge on any atom is -0.289 e. The SMILES string of the molecule is O=C1/C(=C\c2ccc(-n3cncn3)cc2)CC/C1=C\c1ccc(-n2cncn2)cc1. The molecule has 0 radical (unpaired) electrons. The lowest BCUT2D eigenvalue weighted by atomic mass is 10.1. The Bertz CT molecular complexity index is 1120. The fourth-order valence-electron chi connectivity index (χ4n) is 3.51. The van der Waals surface area contributed by atoms with Crippen molar-refractivity contribution in [3.8, 4) is 11.4 Å². The van der Waals surface area contributed by atoms with Crippen LogP contribution in [0.15, 0.2) is 85.0 Å². The summed E-state index contributed by atoms with van der Waals surface area (Å²) in [7, 11) is 0. The maximum atomic E-state index is 12.8. The highest BCUT2D eigenvalue weighted by Gasteiger charge is 2.22. The van der Waals surface area contributed by atoms with Crippen molar-refractivity contribution >= 4 is 17.9 Å². The Morgan fingerprint density at radius 3 is 1.47 bits per heavy atom. The predicted molar refractivity (Wildman–Crippen MR) is 113 cm³/mol. The minimum atomic E-state index is 0.121. The number of carbonyl (C=O) groups is 1. The highest BCUT2D eigenvalue weighted by molar-refractivity contribution is 6.15. The molecule has 0 N–H and O–H groups in total. The molecule has 0 saturated heterocycles. The van der Waals surface area contributed by atoms with E-state index in [-0.39, 0.29) is 5.78 Å². The molecule has 2 aromatic heterocycles. The van der Waals surface area contributed by atoms with Crippen molar-refractivity contribution in [3.63, 3.8) is 0 Å².